The van der Waals surface area contributed by atoms with Crippen molar-refractivity contribution in [2.75, 3.05) is 11.9 Å². The van der Waals surface area contributed by atoms with Crippen molar-refractivity contribution >= 4 is 33.3 Å². The van der Waals surface area contributed by atoms with Crippen LogP contribution in [0.25, 0.3) is 10.9 Å². The lowest BCUT2D eigenvalue weighted by Crippen LogP contribution is -2.28. The zero-order chi connectivity index (χ0) is 20.5. The summed E-state index contributed by atoms with van der Waals surface area (Å²) in [6, 6.07) is 4.77. The standard InChI is InChI=1S/C19H19F2N5O2S/c1-10-6-12(28-18-16-13(20)4-3-5-14(16)22-9-23-18)7-26(10)8-15-17(21)25-19(29-15)24-11(2)27/h3-5,9-10,12H,6-8H2,1-2H3,(H,24,25,27)/t10-,12+/m0/s1. The third kappa shape index (κ3) is 4.18. The van der Waals surface area contributed by atoms with Gasteiger partial charge in [0.25, 0.3) is 0 Å². The summed E-state index contributed by atoms with van der Waals surface area (Å²) >= 11 is 1.12. The largest absolute Gasteiger partial charge is 0.472 e. The molecule has 152 valence electrons. The number of nitrogens with zero attached hydrogens (tertiary/aromatic N) is 4. The predicted molar refractivity (Wildman–Crippen MR) is 105 cm³/mol. The van der Waals surface area contributed by atoms with Crippen molar-refractivity contribution in [1.82, 2.24) is 19.9 Å². The van der Waals surface area contributed by atoms with Gasteiger partial charge in [-0.2, -0.15) is 9.37 Å². The van der Waals surface area contributed by atoms with Crippen molar-refractivity contribution in [2.24, 2.45) is 0 Å². The van der Waals surface area contributed by atoms with Crippen molar-refractivity contribution < 1.29 is 18.3 Å². The molecule has 10 heteroatoms. The van der Waals surface area contributed by atoms with E-state index in [1.165, 1.54) is 19.3 Å². The highest BCUT2D eigenvalue weighted by atomic mass is 32.1. The van der Waals surface area contributed by atoms with Crippen LogP contribution in [0.5, 0.6) is 5.88 Å². The molecule has 0 unspecified atom stereocenters. The molecule has 1 N–H and O–H groups in total. The van der Waals surface area contributed by atoms with Crippen LogP contribution in [0.15, 0.2) is 24.5 Å². The molecule has 1 amide bonds. The van der Waals surface area contributed by atoms with Crippen LogP contribution in [0.2, 0.25) is 0 Å². The molecule has 2 aromatic heterocycles. The Bertz CT molecular complexity index is 1060. The molecule has 1 aromatic carbocycles. The number of likely N-dealkylation sites (tertiary alicyclic amines) is 1. The highest BCUT2D eigenvalue weighted by Gasteiger charge is 2.32. The van der Waals surface area contributed by atoms with Crippen molar-refractivity contribution in [3.8, 4) is 5.88 Å². The SMILES string of the molecule is CC(=O)Nc1nc(F)c(CN2C[C@H](Oc3ncnc4cccc(F)c34)C[C@@H]2C)s1. The summed E-state index contributed by atoms with van der Waals surface area (Å²) in [6.07, 6.45) is 1.83. The molecule has 1 aliphatic rings. The number of hydrogen-bond donors (Lipinski definition) is 1. The van der Waals surface area contributed by atoms with Crippen LogP contribution in [0, 0.1) is 11.8 Å². The summed E-state index contributed by atoms with van der Waals surface area (Å²) in [5, 5.41) is 3.00. The first-order valence-electron chi connectivity index (χ1n) is 9.13. The molecule has 0 aliphatic carbocycles. The molecule has 29 heavy (non-hydrogen) atoms. The van der Waals surface area contributed by atoms with Crippen LogP contribution in [-0.2, 0) is 11.3 Å². The second kappa shape index (κ2) is 7.96. The van der Waals surface area contributed by atoms with E-state index in [9.17, 15) is 13.6 Å². The van der Waals surface area contributed by atoms with E-state index in [0.29, 0.717) is 29.9 Å². The minimum atomic E-state index is -0.584. The van der Waals surface area contributed by atoms with Crippen LogP contribution in [0.3, 0.4) is 0 Å². The Morgan fingerprint density at radius 1 is 1.38 bits per heavy atom. The van der Waals surface area contributed by atoms with E-state index in [2.05, 4.69) is 25.2 Å². The Morgan fingerprint density at radius 2 is 2.21 bits per heavy atom. The van der Waals surface area contributed by atoms with Gasteiger partial charge < -0.3 is 10.1 Å². The Kier molecular flexibility index (Phi) is 5.37. The monoisotopic (exact) mass is 419 g/mol. The van der Waals surface area contributed by atoms with Gasteiger partial charge in [-0.1, -0.05) is 17.4 Å². The van der Waals surface area contributed by atoms with Crippen molar-refractivity contribution in [2.45, 2.75) is 39.0 Å². The first-order chi connectivity index (χ1) is 13.9. The second-order valence-corrected chi connectivity index (χ2v) is 8.06. The first-order valence-corrected chi connectivity index (χ1v) is 9.95. The summed E-state index contributed by atoms with van der Waals surface area (Å²) in [5.41, 5.74) is 0.482. The van der Waals surface area contributed by atoms with Gasteiger partial charge in [-0.25, -0.2) is 14.4 Å². The van der Waals surface area contributed by atoms with E-state index in [-0.39, 0.29) is 34.5 Å². The Morgan fingerprint density at radius 3 is 3.00 bits per heavy atom. The Labute approximate surface area is 169 Å². The third-order valence-corrected chi connectivity index (χ3v) is 5.73. The lowest BCUT2D eigenvalue weighted by molar-refractivity contribution is -0.114. The molecule has 0 saturated carbocycles. The molecule has 1 saturated heterocycles. The number of hydrogen-bond acceptors (Lipinski definition) is 7. The van der Waals surface area contributed by atoms with Gasteiger partial charge in [0.15, 0.2) is 5.13 Å². The summed E-state index contributed by atoms with van der Waals surface area (Å²) in [6.45, 7) is 4.26. The fourth-order valence-corrected chi connectivity index (χ4v) is 4.37. The van der Waals surface area contributed by atoms with E-state index >= 15 is 0 Å². The van der Waals surface area contributed by atoms with Gasteiger partial charge in [0.2, 0.25) is 17.7 Å². The molecule has 1 aliphatic heterocycles. The smallest absolute Gasteiger partial charge is 0.230 e. The second-order valence-electron chi connectivity index (χ2n) is 6.98. The topological polar surface area (TPSA) is 80.2 Å². The number of amides is 1. The lowest BCUT2D eigenvalue weighted by Gasteiger charge is -2.19. The van der Waals surface area contributed by atoms with Gasteiger partial charge in [-0.05, 0) is 19.1 Å². The molecule has 1 fully saturated rings. The third-order valence-electron chi connectivity index (χ3n) is 4.80. The summed E-state index contributed by atoms with van der Waals surface area (Å²) in [4.78, 5) is 25.6. The fourth-order valence-electron chi connectivity index (χ4n) is 3.46. The molecule has 4 rings (SSSR count). The number of thiazole rings is 1. The van der Waals surface area contributed by atoms with Crippen molar-refractivity contribution in [3.63, 3.8) is 0 Å². The Balaban J connectivity index is 1.47. The van der Waals surface area contributed by atoms with Crippen LogP contribution < -0.4 is 10.1 Å². The minimum Gasteiger partial charge on any atom is -0.472 e. The van der Waals surface area contributed by atoms with Gasteiger partial charge in [0, 0.05) is 32.5 Å². The molecule has 2 atom stereocenters. The van der Waals surface area contributed by atoms with Crippen LogP contribution in [0.4, 0.5) is 13.9 Å². The average Bonchev–Trinajstić information content (AvgIpc) is 3.17. The van der Waals surface area contributed by atoms with Gasteiger partial charge in [-0.15, -0.1) is 0 Å². The molecule has 0 radical (unpaired) electrons. The maximum atomic E-state index is 14.3. The Hall–Kier alpha value is -2.72. The summed E-state index contributed by atoms with van der Waals surface area (Å²) in [7, 11) is 0. The van der Waals surface area contributed by atoms with E-state index in [0.717, 1.165) is 11.3 Å². The number of aromatic nitrogens is 3. The predicted octanol–water partition coefficient (Wildman–Crippen LogP) is 3.36. The molecule has 7 nitrogen and oxygen atoms in total. The molecular formula is C19H19F2N5O2S. The highest BCUT2D eigenvalue weighted by Crippen LogP contribution is 2.30. The first kappa shape index (κ1) is 19.6. The molecular weight excluding hydrogens is 400 g/mol. The zero-order valence-electron chi connectivity index (χ0n) is 15.9. The lowest BCUT2D eigenvalue weighted by atomic mass is 10.2. The van der Waals surface area contributed by atoms with Crippen molar-refractivity contribution in [1.29, 1.82) is 0 Å². The molecule has 0 bridgehead atoms. The zero-order valence-corrected chi connectivity index (χ0v) is 16.7. The number of carbonyl (C=O) groups excluding carboxylic acids is 1. The van der Waals surface area contributed by atoms with Crippen LogP contribution >= 0.6 is 11.3 Å². The van der Waals surface area contributed by atoms with E-state index in [1.807, 2.05) is 6.92 Å². The molecule has 0 spiro atoms. The normalized spacial score (nSPS) is 19.6. The number of anilines is 1. The van der Waals surface area contributed by atoms with Gasteiger partial charge in [0.1, 0.15) is 18.2 Å². The summed E-state index contributed by atoms with van der Waals surface area (Å²) < 4.78 is 34.4. The van der Waals surface area contributed by atoms with Crippen LogP contribution in [-0.4, -0.2) is 44.4 Å². The van der Waals surface area contributed by atoms with E-state index in [4.69, 9.17) is 4.74 Å². The maximum absolute atomic E-state index is 14.3. The van der Waals surface area contributed by atoms with Gasteiger partial charge >= 0.3 is 0 Å². The van der Waals surface area contributed by atoms with Gasteiger partial charge in [-0.3, -0.25) is 9.69 Å². The van der Waals surface area contributed by atoms with Crippen LogP contribution in [0.1, 0.15) is 25.1 Å². The van der Waals surface area contributed by atoms with E-state index < -0.39 is 11.8 Å². The number of halogens is 2. The quantitative estimate of drug-likeness (QED) is 0.683. The number of fused-ring (bicyclic) bond motifs is 1. The maximum Gasteiger partial charge on any atom is 0.230 e. The summed E-state index contributed by atoms with van der Waals surface area (Å²) in [5.74, 6) is -1.10. The molecule has 3 aromatic rings. The van der Waals surface area contributed by atoms with Crippen molar-refractivity contribution in [3.05, 3.63) is 41.2 Å². The number of benzene rings is 1. The number of ether oxygens (including phenoxy) is 1. The van der Waals surface area contributed by atoms with Gasteiger partial charge in [0.05, 0.1) is 15.8 Å². The molecule has 3 heterocycles. The number of carbonyl (C=O) groups is 1. The fraction of sp³-hybridized carbons (Fsp3) is 0.368. The average molecular weight is 419 g/mol. The highest BCUT2D eigenvalue weighted by molar-refractivity contribution is 7.15. The number of nitrogens with one attached hydrogen (secondary N) is 1. The number of rotatable bonds is 5. The van der Waals surface area contributed by atoms with E-state index in [1.54, 1.807) is 12.1 Å². The minimum absolute atomic E-state index is 0.128.